The van der Waals surface area contributed by atoms with E-state index in [2.05, 4.69) is 18.8 Å². The Kier molecular flexibility index (Phi) is 1.22. The van der Waals surface area contributed by atoms with E-state index in [4.69, 9.17) is 0 Å². The Morgan fingerprint density at radius 1 is 1.45 bits per heavy atom. The molecule has 0 spiro atoms. The van der Waals surface area contributed by atoms with Crippen molar-refractivity contribution in [1.29, 1.82) is 0 Å². The van der Waals surface area contributed by atoms with Gasteiger partial charge in [-0.25, -0.2) is 4.98 Å². The minimum atomic E-state index is 0.934. The van der Waals surface area contributed by atoms with Crippen LogP contribution in [0.3, 0.4) is 0 Å². The molecule has 55 valence electrons. The lowest BCUT2D eigenvalue weighted by molar-refractivity contribution is 1.13. The summed E-state index contributed by atoms with van der Waals surface area (Å²) < 4.78 is 1.98. The van der Waals surface area contributed by atoms with Crippen molar-refractivity contribution < 1.29 is 0 Å². The Bertz CT molecular complexity index is 387. The molecule has 2 rings (SSSR count). The van der Waals surface area contributed by atoms with Gasteiger partial charge in [0.05, 0.1) is 0 Å². The molecule has 0 amide bonds. The van der Waals surface area contributed by atoms with Gasteiger partial charge in [-0.05, 0) is 25.5 Å². The third kappa shape index (κ3) is 0.909. The number of aryl methyl sites for hydroxylation is 1. The molecular weight excluding hydrogens is 136 g/mol. The SMILES string of the molecule is [CH2]c1cnc2ccc(C)cn12. The fraction of sp³-hybridized carbons (Fsp3) is 0.111. The molecule has 0 N–H and O–H groups in total. The van der Waals surface area contributed by atoms with Crippen molar-refractivity contribution in [2.75, 3.05) is 0 Å². The maximum Gasteiger partial charge on any atom is 0.136 e. The molecule has 11 heavy (non-hydrogen) atoms. The van der Waals surface area contributed by atoms with E-state index in [1.54, 1.807) is 6.20 Å². The molecule has 0 atom stereocenters. The Labute approximate surface area is 65.5 Å². The summed E-state index contributed by atoms with van der Waals surface area (Å²) in [5.41, 5.74) is 3.12. The third-order valence-electron chi connectivity index (χ3n) is 1.73. The van der Waals surface area contributed by atoms with Crippen LogP contribution in [0.25, 0.3) is 5.65 Å². The summed E-state index contributed by atoms with van der Waals surface area (Å²) in [6, 6.07) is 4.03. The second-order valence-electron chi connectivity index (χ2n) is 2.68. The van der Waals surface area contributed by atoms with Crippen molar-refractivity contribution in [1.82, 2.24) is 9.38 Å². The second-order valence-corrected chi connectivity index (χ2v) is 2.68. The van der Waals surface area contributed by atoms with Crippen LogP contribution in [0.1, 0.15) is 11.3 Å². The zero-order chi connectivity index (χ0) is 7.84. The number of aromatic nitrogens is 2. The molecule has 0 saturated heterocycles. The number of pyridine rings is 1. The second kappa shape index (κ2) is 2.09. The van der Waals surface area contributed by atoms with Crippen molar-refractivity contribution >= 4 is 5.65 Å². The van der Waals surface area contributed by atoms with E-state index < -0.39 is 0 Å². The van der Waals surface area contributed by atoms with Gasteiger partial charge in [0.25, 0.3) is 0 Å². The van der Waals surface area contributed by atoms with Crippen molar-refractivity contribution in [3.05, 3.63) is 42.7 Å². The highest BCUT2D eigenvalue weighted by Crippen LogP contribution is 2.06. The molecule has 2 heterocycles. The van der Waals surface area contributed by atoms with Crippen molar-refractivity contribution in [2.45, 2.75) is 6.92 Å². The molecule has 0 aliphatic carbocycles. The molecule has 0 fully saturated rings. The Balaban J connectivity index is 2.87. The molecule has 2 aromatic heterocycles. The largest absolute Gasteiger partial charge is 0.304 e. The van der Waals surface area contributed by atoms with E-state index in [1.807, 2.05) is 22.7 Å². The van der Waals surface area contributed by atoms with Crippen LogP contribution in [-0.2, 0) is 0 Å². The molecule has 2 aromatic rings. The molecule has 0 aliphatic rings. The van der Waals surface area contributed by atoms with Crippen molar-refractivity contribution in [3.8, 4) is 0 Å². The van der Waals surface area contributed by atoms with E-state index in [0.717, 1.165) is 11.3 Å². The Hall–Kier alpha value is -1.31. The minimum Gasteiger partial charge on any atom is -0.304 e. The van der Waals surface area contributed by atoms with Crippen molar-refractivity contribution in [2.24, 2.45) is 0 Å². The average molecular weight is 145 g/mol. The quantitative estimate of drug-likeness (QED) is 0.552. The molecule has 0 aliphatic heterocycles. The van der Waals surface area contributed by atoms with Gasteiger partial charge in [-0.3, -0.25) is 0 Å². The monoisotopic (exact) mass is 145 g/mol. The fourth-order valence-electron chi connectivity index (χ4n) is 1.14. The van der Waals surface area contributed by atoms with Gasteiger partial charge in [0, 0.05) is 18.1 Å². The molecule has 2 heteroatoms. The first-order chi connectivity index (χ1) is 5.27. The summed E-state index contributed by atoms with van der Waals surface area (Å²) in [5, 5.41) is 0. The zero-order valence-corrected chi connectivity index (χ0v) is 6.41. The average Bonchev–Trinajstić information content (AvgIpc) is 2.33. The highest BCUT2D eigenvalue weighted by molar-refractivity contribution is 5.42. The number of fused-ring (bicyclic) bond motifs is 1. The maximum atomic E-state index is 4.16. The zero-order valence-electron chi connectivity index (χ0n) is 6.41. The summed E-state index contributed by atoms with van der Waals surface area (Å²) in [7, 11) is 0. The first-order valence-corrected chi connectivity index (χ1v) is 3.53. The number of rotatable bonds is 0. The van der Waals surface area contributed by atoms with E-state index in [9.17, 15) is 0 Å². The van der Waals surface area contributed by atoms with Crippen LogP contribution in [0.5, 0.6) is 0 Å². The maximum absolute atomic E-state index is 4.16. The van der Waals surface area contributed by atoms with Crippen molar-refractivity contribution in [3.63, 3.8) is 0 Å². The van der Waals surface area contributed by atoms with Crippen LogP contribution < -0.4 is 0 Å². The highest BCUT2D eigenvalue weighted by Gasteiger charge is 1.96. The van der Waals surface area contributed by atoms with Gasteiger partial charge in [-0.2, -0.15) is 0 Å². The summed E-state index contributed by atoms with van der Waals surface area (Å²) in [6.45, 7) is 5.90. The van der Waals surface area contributed by atoms with E-state index in [1.165, 1.54) is 5.56 Å². The van der Waals surface area contributed by atoms with Gasteiger partial charge in [-0.15, -0.1) is 0 Å². The normalized spacial score (nSPS) is 10.7. The fourth-order valence-corrected chi connectivity index (χ4v) is 1.14. The van der Waals surface area contributed by atoms with E-state index >= 15 is 0 Å². The predicted octanol–water partition coefficient (Wildman–Crippen LogP) is 1.82. The van der Waals surface area contributed by atoms with Gasteiger partial charge in [0.15, 0.2) is 0 Å². The summed E-state index contributed by atoms with van der Waals surface area (Å²) in [6.07, 6.45) is 3.80. The predicted molar refractivity (Wildman–Crippen MR) is 44.4 cm³/mol. The lowest BCUT2D eigenvalue weighted by Crippen LogP contribution is -1.87. The first-order valence-electron chi connectivity index (χ1n) is 3.53. The first kappa shape index (κ1) is 6.40. The number of imidazole rings is 1. The van der Waals surface area contributed by atoms with Crippen LogP contribution in [0.15, 0.2) is 24.5 Å². The summed E-state index contributed by atoms with van der Waals surface area (Å²) >= 11 is 0. The van der Waals surface area contributed by atoms with Crippen LogP contribution in [0.2, 0.25) is 0 Å². The molecule has 0 saturated carbocycles. The summed E-state index contributed by atoms with van der Waals surface area (Å²) in [5.74, 6) is 0. The van der Waals surface area contributed by atoms with E-state index in [0.29, 0.717) is 0 Å². The Morgan fingerprint density at radius 3 is 3.09 bits per heavy atom. The molecule has 0 aromatic carbocycles. The lowest BCUT2D eigenvalue weighted by Gasteiger charge is -1.96. The van der Waals surface area contributed by atoms with Gasteiger partial charge in [0.2, 0.25) is 0 Å². The Morgan fingerprint density at radius 2 is 2.27 bits per heavy atom. The highest BCUT2D eigenvalue weighted by atomic mass is 15.0. The van der Waals surface area contributed by atoms with Crippen LogP contribution in [-0.4, -0.2) is 9.38 Å². The molecule has 2 nitrogen and oxygen atoms in total. The third-order valence-corrected chi connectivity index (χ3v) is 1.73. The van der Waals surface area contributed by atoms with Gasteiger partial charge < -0.3 is 4.40 Å². The minimum absolute atomic E-state index is 0.934. The lowest BCUT2D eigenvalue weighted by atomic mass is 10.3. The number of hydrogen-bond donors (Lipinski definition) is 0. The number of hydrogen-bond acceptors (Lipinski definition) is 1. The van der Waals surface area contributed by atoms with Gasteiger partial charge in [0.1, 0.15) is 5.65 Å². The standard InChI is InChI=1S/C9H9N2/c1-7-3-4-9-10-5-8(2)11(9)6-7/h3-6H,2H2,1H3. The molecule has 1 radical (unpaired) electrons. The van der Waals surface area contributed by atoms with Crippen LogP contribution >= 0.6 is 0 Å². The molecule has 0 unspecified atom stereocenters. The topological polar surface area (TPSA) is 17.3 Å². The van der Waals surface area contributed by atoms with Crippen LogP contribution in [0.4, 0.5) is 0 Å². The van der Waals surface area contributed by atoms with Gasteiger partial charge in [-0.1, -0.05) is 6.07 Å². The van der Waals surface area contributed by atoms with Gasteiger partial charge >= 0.3 is 0 Å². The molecule has 0 bridgehead atoms. The smallest absolute Gasteiger partial charge is 0.136 e. The van der Waals surface area contributed by atoms with Crippen LogP contribution in [0, 0.1) is 13.8 Å². The summed E-state index contributed by atoms with van der Waals surface area (Å²) in [4.78, 5) is 4.16. The number of nitrogens with zero attached hydrogens (tertiary/aromatic N) is 2. The van der Waals surface area contributed by atoms with E-state index in [-0.39, 0.29) is 0 Å². The molecular formula is C9H9N2.